The summed E-state index contributed by atoms with van der Waals surface area (Å²) in [5, 5.41) is 2.89. The van der Waals surface area contributed by atoms with Gasteiger partial charge in [-0.05, 0) is 43.9 Å². The lowest BCUT2D eigenvalue weighted by Crippen LogP contribution is -2.30. The highest BCUT2D eigenvalue weighted by molar-refractivity contribution is 5.78. The molecule has 1 aliphatic rings. The molecular formula is C14H20N2O2. The third-order valence-electron chi connectivity index (χ3n) is 2.77. The van der Waals surface area contributed by atoms with Crippen LogP contribution in [0.25, 0.3) is 0 Å². The van der Waals surface area contributed by atoms with Gasteiger partial charge in [-0.1, -0.05) is 12.1 Å². The minimum Gasteiger partial charge on any atom is -0.484 e. The third kappa shape index (κ3) is 4.37. The lowest BCUT2D eigenvalue weighted by Gasteiger charge is -2.09. The third-order valence-corrected chi connectivity index (χ3v) is 2.77. The second-order valence-corrected chi connectivity index (χ2v) is 4.96. The molecule has 3 N–H and O–H groups in total. The molecule has 98 valence electrons. The molecular weight excluding hydrogens is 228 g/mol. The van der Waals surface area contributed by atoms with Crippen molar-refractivity contribution in [2.75, 3.05) is 6.61 Å². The first-order valence-corrected chi connectivity index (χ1v) is 6.40. The van der Waals surface area contributed by atoms with Crippen LogP contribution >= 0.6 is 0 Å². The molecule has 2 rings (SSSR count). The molecule has 0 heterocycles. The van der Waals surface area contributed by atoms with Crippen LogP contribution in [0.5, 0.6) is 5.75 Å². The number of nitrogens with one attached hydrogen (secondary N) is 1. The molecule has 18 heavy (non-hydrogen) atoms. The quantitative estimate of drug-likeness (QED) is 0.796. The number of ether oxygens (including phenoxy) is 1. The number of benzene rings is 1. The first-order chi connectivity index (χ1) is 8.63. The Hall–Kier alpha value is -1.55. The Morgan fingerprint density at radius 1 is 1.56 bits per heavy atom. The Labute approximate surface area is 108 Å². The Morgan fingerprint density at radius 3 is 3.00 bits per heavy atom. The van der Waals surface area contributed by atoms with E-state index in [1.807, 2.05) is 31.2 Å². The number of nitrogens with two attached hydrogens (primary N) is 1. The minimum absolute atomic E-state index is 0.0462. The summed E-state index contributed by atoms with van der Waals surface area (Å²) in [5.41, 5.74) is 6.88. The van der Waals surface area contributed by atoms with Crippen molar-refractivity contribution in [3.05, 3.63) is 29.8 Å². The van der Waals surface area contributed by atoms with Gasteiger partial charge in [0, 0.05) is 12.1 Å². The Kier molecular flexibility index (Phi) is 4.20. The summed E-state index contributed by atoms with van der Waals surface area (Å²) in [6.07, 6.45) is 3.00. The fourth-order valence-electron chi connectivity index (χ4n) is 1.78. The maximum absolute atomic E-state index is 11.5. The molecule has 0 aliphatic heterocycles. The first-order valence-electron chi connectivity index (χ1n) is 6.40. The molecule has 4 heteroatoms. The molecule has 0 bridgehead atoms. The summed E-state index contributed by atoms with van der Waals surface area (Å²) >= 11 is 0. The predicted octanol–water partition coefficient (Wildman–Crippen LogP) is 1.23. The van der Waals surface area contributed by atoms with E-state index in [1.165, 1.54) is 0 Å². The molecule has 1 aromatic rings. The summed E-state index contributed by atoms with van der Waals surface area (Å²) in [6.45, 7) is 2.05. The summed E-state index contributed by atoms with van der Waals surface area (Å²) in [7, 11) is 0. The molecule has 0 saturated heterocycles. The fourth-order valence-corrected chi connectivity index (χ4v) is 1.78. The van der Waals surface area contributed by atoms with Gasteiger partial charge in [0.1, 0.15) is 5.75 Å². The van der Waals surface area contributed by atoms with Crippen molar-refractivity contribution in [1.82, 2.24) is 5.32 Å². The zero-order valence-corrected chi connectivity index (χ0v) is 10.7. The van der Waals surface area contributed by atoms with Gasteiger partial charge >= 0.3 is 0 Å². The minimum atomic E-state index is -0.0462. The summed E-state index contributed by atoms with van der Waals surface area (Å²) in [6, 6.07) is 8.23. The van der Waals surface area contributed by atoms with Crippen molar-refractivity contribution in [2.45, 2.75) is 38.3 Å². The van der Waals surface area contributed by atoms with Crippen LogP contribution in [-0.2, 0) is 11.2 Å². The van der Waals surface area contributed by atoms with E-state index in [-0.39, 0.29) is 18.6 Å². The maximum Gasteiger partial charge on any atom is 0.258 e. The van der Waals surface area contributed by atoms with E-state index >= 15 is 0 Å². The summed E-state index contributed by atoms with van der Waals surface area (Å²) in [5.74, 6) is 0.675. The molecule has 1 saturated carbocycles. The van der Waals surface area contributed by atoms with Crippen molar-refractivity contribution >= 4 is 5.91 Å². The Morgan fingerprint density at radius 2 is 2.33 bits per heavy atom. The van der Waals surface area contributed by atoms with Crippen LogP contribution in [0.3, 0.4) is 0 Å². The van der Waals surface area contributed by atoms with Crippen LogP contribution in [0.2, 0.25) is 0 Å². The van der Waals surface area contributed by atoms with Gasteiger partial charge in [0.05, 0.1) is 0 Å². The van der Waals surface area contributed by atoms with Crippen molar-refractivity contribution in [3.8, 4) is 5.75 Å². The van der Waals surface area contributed by atoms with E-state index in [0.29, 0.717) is 6.04 Å². The molecule has 0 spiro atoms. The zero-order chi connectivity index (χ0) is 13.0. The number of rotatable bonds is 6. The zero-order valence-electron chi connectivity index (χ0n) is 10.7. The molecule has 4 nitrogen and oxygen atoms in total. The van der Waals surface area contributed by atoms with Crippen molar-refractivity contribution < 1.29 is 9.53 Å². The monoisotopic (exact) mass is 248 g/mol. The van der Waals surface area contributed by atoms with E-state index in [2.05, 4.69) is 5.32 Å². The van der Waals surface area contributed by atoms with Crippen LogP contribution in [0.1, 0.15) is 25.3 Å². The van der Waals surface area contributed by atoms with E-state index in [1.54, 1.807) is 0 Å². The van der Waals surface area contributed by atoms with Gasteiger partial charge in [0.15, 0.2) is 6.61 Å². The van der Waals surface area contributed by atoms with E-state index < -0.39 is 0 Å². The lowest BCUT2D eigenvalue weighted by molar-refractivity contribution is -0.123. The molecule has 1 unspecified atom stereocenters. The average molecular weight is 248 g/mol. The van der Waals surface area contributed by atoms with Crippen LogP contribution in [-0.4, -0.2) is 24.6 Å². The molecule has 1 atom stereocenters. The fraction of sp³-hybridized carbons (Fsp3) is 0.500. The maximum atomic E-state index is 11.5. The van der Waals surface area contributed by atoms with Crippen LogP contribution in [0, 0.1) is 0 Å². The normalized spacial score (nSPS) is 16.1. The van der Waals surface area contributed by atoms with Crippen molar-refractivity contribution in [1.29, 1.82) is 0 Å². The van der Waals surface area contributed by atoms with Gasteiger partial charge in [-0.25, -0.2) is 0 Å². The molecule has 1 fully saturated rings. The molecule has 1 amide bonds. The highest BCUT2D eigenvalue weighted by Gasteiger charge is 2.23. The highest BCUT2D eigenvalue weighted by Crippen LogP contribution is 2.18. The van der Waals surface area contributed by atoms with Crippen LogP contribution in [0.4, 0.5) is 0 Å². The number of hydrogen-bond acceptors (Lipinski definition) is 3. The summed E-state index contributed by atoms with van der Waals surface area (Å²) in [4.78, 5) is 11.5. The molecule has 0 aromatic heterocycles. The highest BCUT2D eigenvalue weighted by atomic mass is 16.5. The number of carbonyl (C=O) groups excluding carboxylic acids is 1. The van der Waals surface area contributed by atoms with Gasteiger partial charge in [-0.15, -0.1) is 0 Å². The van der Waals surface area contributed by atoms with E-state index in [4.69, 9.17) is 10.5 Å². The predicted molar refractivity (Wildman–Crippen MR) is 70.5 cm³/mol. The lowest BCUT2D eigenvalue weighted by atomic mass is 10.1. The van der Waals surface area contributed by atoms with Crippen LogP contribution < -0.4 is 15.8 Å². The topological polar surface area (TPSA) is 64.3 Å². The average Bonchev–Trinajstić information content (AvgIpc) is 3.10. The number of carbonyl (C=O) groups is 1. The standard InChI is InChI=1S/C14H20N2O2/c1-10(15)7-11-3-2-4-13(8-11)18-9-14(17)16-12-5-6-12/h2-4,8,10,12H,5-7,9,15H2,1H3,(H,16,17). The Bertz CT molecular complexity index is 414. The van der Waals surface area contributed by atoms with Crippen molar-refractivity contribution in [2.24, 2.45) is 5.73 Å². The largest absolute Gasteiger partial charge is 0.484 e. The Balaban J connectivity index is 1.82. The number of hydrogen-bond donors (Lipinski definition) is 2. The molecule has 1 aromatic carbocycles. The second kappa shape index (κ2) is 5.87. The number of amides is 1. The SMILES string of the molecule is CC(N)Cc1cccc(OCC(=O)NC2CC2)c1. The molecule has 0 radical (unpaired) electrons. The van der Waals surface area contributed by atoms with Gasteiger partial charge < -0.3 is 15.8 Å². The van der Waals surface area contributed by atoms with E-state index in [9.17, 15) is 4.79 Å². The van der Waals surface area contributed by atoms with Gasteiger partial charge in [0.2, 0.25) is 0 Å². The van der Waals surface area contributed by atoms with Gasteiger partial charge in [0.25, 0.3) is 5.91 Å². The van der Waals surface area contributed by atoms with Gasteiger partial charge in [-0.2, -0.15) is 0 Å². The molecule has 1 aliphatic carbocycles. The summed E-state index contributed by atoms with van der Waals surface area (Å²) < 4.78 is 5.47. The van der Waals surface area contributed by atoms with Crippen molar-refractivity contribution in [3.63, 3.8) is 0 Å². The van der Waals surface area contributed by atoms with Crippen LogP contribution in [0.15, 0.2) is 24.3 Å². The second-order valence-electron chi connectivity index (χ2n) is 4.96. The first kappa shape index (κ1) is 12.9. The van der Waals surface area contributed by atoms with E-state index in [0.717, 1.165) is 30.6 Å². The smallest absolute Gasteiger partial charge is 0.258 e. The van der Waals surface area contributed by atoms with Gasteiger partial charge in [-0.3, -0.25) is 4.79 Å².